The van der Waals surface area contributed by atoms with Crippen LogP contribution >= 0.6 is 0 Å². The number of anilines is 2. The topological polar surface area (TPSA) is 47.3 Å². The van der Waals surface area contributed by atoms with Gasteiger partial charge in [-0.05, 0) is 43.9 Å². The maximum atomic E-state index is 5.99. The van der Waals surface area contributed by atoms with Gasteiger partial charge in [0.1, 0.15) is 0 Å². The van der Waals surface area contributed by atoms with Gasteiger partial charge in [0.15, 0.2) is 0 Å². The molecule has 1 aromatic rings. The van der Waals surface area contributed by atoms with Crippen molar-refractivity contribution in [3.05, 3.63) is 23.8 Å². The lowest BCUT2D eigenvalue weighted by atomic mass is 9.95. The first-order chi connectivity index (χ1) is 7.72. The number of aryl methyl sites for hydroxylation is 1. The summed E-state index contributed by atoms with van der Waals surface area (Å²) in [7, 11) is 0. The Kier molecular flexibility index (Phi) is 2.28. The van der Waals surface area contributed by atoms with Crippen molar-refractivity contribution in [2.75, 3.05) is 11.1 Å². The molecule has 0 aromatic heterocycles. The molecule has 3 atom stereocenters. The predicted molar refractivity (Wildman–Crippen MR) is 65.5 cm³/mol. The summed E-state index contributed by atoms with van der Waals surface area (Å²) in [6.45, 7) is 2.06. The zero-order chi connectivity index (χ0) is 11.1. The summed E-state index contributed by atoms with van der Waals surface area (Å²) in [6, 6.07) is 6.61. The summed E-state index contributed by atoms with van der Waals surface area (Å²) in [5.74, 6) is 0. The van der Waals surface area contributed by atoms with Gasteiger partial charge in [-0.25, -0.2) is 0 Å². The van der Waals surface area contributed by atoms with Crippen LogP contribution in [0.15, 0.2) is 18.2 Å². The molecule has 2 fully saturated rings. The predicted octanol–water partition coefficient (Wildman–Crippen LogP) is 2.31. The average Bonchev–Trinajstić information content (AvgIpc) is 2.84. The Hall–Kier alpha value is -1.22. The van der Waals surface area contributed by atoms with E-state index in [1.165, 1.54) is 18.4 Å². The molecule has 2 saturated heterocycles. The fourth-order valence-corrected chi connectivity index (χ4v) is 2.80. The van der Waals surface area contributed by atoms with Crippen LogP contribution in [0.25, 0.3) is 0 Å². The number of hydrogen-bond donors (Lipinski definition) is 2. The minimum atomic E-state index is 0.394. The number of fused-ring (bicyclic) bond motifs is 2. The van der Waals surface area contributed by atoms with Gasteiger partial charge in [-0.3, -0.25) is 0 Å². The molecular formula is C13H18N2O. The molecule has 0 radical (unpaired) electrons. The molecule has 0 spiro atoms. The Bertz CT molecular complexity index is 405. The van der Waals surface area contributed by atoms with Crippen LogP contribution in [-0.2, 0) is 4.74 Å². The molecule has 3 N–H and O–H groups in total. The van der Waals surface area contributed by atoms with Gasteiger partial charge in [0.2, 0.25) is 0 Å². The van der Waals surface area contributed by atoms with Crippen LogP contribution in [0, 0.1) is 6.92 Å². The van der Waals surface area contributed by atoms with E-state index in [9.17, 15) is 0 Å². The van der Waals surface area contributed by atoms with Crippen LogP contribution in [0.5, 0.6) is 0 Å². The van der Waals surface area contributed by atoms with E-state index < -0.39 is 0 Å². The van der Waals surface area contributed by atoms with Crippen molar-refractivity contribution < 1.29 is 4.74 Å². The molecule has 1 aromatic carbocycles. The summed E-state index contributed by atoms with van der Waals surface area (Å²) < 4.78 is 5.82. The minimum Gasteiger partial charge on any atom is -0.397 e. The van der Waals surface area contributed by atoms with Crippen molar-refractivity contribution in [2.24, 2.45) is 0 Å². The molecule has 0 saturated carbocycles. The van der Waals surface area contributed by atoms with E-state index >= 15 is 0 Å². The van der Waals surface area contributed by atoms with E-state index in [1.807, 2.05) is 6.07 Å². The smallest absolute Gasteiger partial charge is 0.0781 e. The molecule has 3 unspecified atom stereocenters. The zero-order valence-electron chi connectivity index (χ0n) is 9.57. The Morgan fingerprint density at radius 3 is 2.88 bits per heavy atom. The molecule has 2 bridgehead atoms. The van der Waals surface area contributed by atoms with Gasteiger partial charge in [-0.1, -0.05) is 6.07 Å². The minimum absolute atomic E-state index is 0.394. The Labute approximate surface area is 96.0 Å². The summed E-state index contributed by atoms with van der Waals surface area (Å²) in [6.07, 6.45) is 4.41. The summed E-state index contributed by atoms with van der Waals surface area (Å²) in [5, 5.41) is 3.52. The largest absolute Gasteiger partial charge is 0.397 e. The summed E-state index contributed by atoms with van der Waals surface area (Å²) in [5.41, 5.74) is 9.08. The number of rotatable bonds is 2. The highest BCUT2D eigenvalue weighted by atomic mass is 16.5. The van der Waals surface area contributed by atoms with E-state index in [2.05, 4.69) is 24.4 Å². The van der Waals surface area contributed by atoms with Gasteiger partial charge >= 0.3 is 0 Å². The molecule has 0 aliphatic carbocycles. The third kappa shape index (κ3) is 1.65. The SMILES string of the molecule is Cc1ccc(NC2CC3CCC2O3)c(N)c1. The molecule has 86 valence electrons. The quantitative estimate of drug-likeness (QED) is 0.749. The van der Waals surface area contributed by atoms with Crippen molar-refractivity contribution >= 4 is 11.4 Å². The van der Waals surface area contributed by atoms with E-state index in [-0.39, 0.29) is 0 Å². The fraction of sp³-hybridized carbons (Fsp3) is 0.538. The monoisotopic (exact) mass is 218 g/mol. The molecule has 3 rings (SSSR count). The molecule has 2 aliphatic rings. The van der Waals surface area contributed by atoms with Crippen molar-refractivity contribution in [1.82, 2.24) is 0 Å². The number of hydrogen-bond acceptors (Lipinski definition) is 3. The molecule has 2 aliphatic heterocycles. The van der Waals surface area contributed by atoms with Gasteiger partial charge in [-0.2, -0.15) is 0 Å². The summed E-state index contributed by atoms with van der Waals surface area (Å²) in [4.78, 5) is 0. The van der Waals surface area contributed by atoms with Crippen LogP contribution in [0.2, 0.25) is 0 Å². The van der Waals surface area contributed by atoms with Crippen molar-refractivity contribution in [2.45, 2.75) is 44.4 Å². The molecule has 3 nitrogen and oxygen atoms in total. The highest BCUT2D eigenvalue weighted by Crippen LogP contribution is 2.36. The first kappa shape index (κ1) is 9.97. The number of nitrogens with one attached hydrogen (secondary N) is 1. The van der Waals surface area contributed by atoms with Gasteiger partial charge in [0.25, 0.3) is 0 Å². The zero-order valence-corrected chi connectivity index (χ0v) is 9.57. The van der Waals surface area contributed by atoms with E-state index in [0.29, 0.717) is 18.2 Å². The van der Waals surface area contributed by atoms with Crippen LogP contribution in [-0.4, -0.2) is 18.2 Å². The number of ether oxygens (including phenoxy) is 1. The van der Waals surface area contributed by atoms with E-state index in [4.69, 9.17) is 10.5 Å². The second kappa shape index (κ2) is 3.67. The van der Waals surface area contributed by atoms with Gasteiger partial charge in [0.05, 0.1) is 29.6 Å². The third-order valence-electron chi connectivity index (χ3n) is 3.65. The highest BCUT2D eigenvalue weighted by Gasteiger charge is 2.40. The lowest BCUT2D eigenvalue weighted by Gasteiger charge is -2.22. The number of nitrogens with two attached hydrogens (primary N) is 1. The van der Waals surface area contributed by atoms with Gasteiger partial charge < -0.3 is 15.8 Å². The second-order valence-electron chi connectivity index (χ2n) is 4.95. The molecule has 3 heteroatoms. The fourth-order valence-electron chi connectivity index (χ4n) is 2.80. The van der Waals surface area contributed by atoms with Crippen molar-refractivity contribution in [1.29, 1.82) is 0 Å². The molecule has 2 heterocycles. The first-order valence-corrected chi connectivity index (χ1v) is 6.00. The standard InChI is InChI=1S/C13H18N2O/c1-8-2-4-11(10(14)6-8)15-12-7-9-3-5-13(12)16-9/h2,4,6,9,12-13,15H,3,5,7,14H2,1H3. The third-order valence-corrected chi connectivity index (χ3v) is 3.65. The lowest BCUT2D eigenvalue weighted by molar-refractivity contribution is 0.102. The molecular weight excluding hydrogens is 200 g/mol. The van der Waals surface area contributed by atoms with Crippen LogP contribution < -0.4 is 11.1 Å². The van der Waals surface area contributed by atoms with Crippen LogP contribution in [0.4, 0.5) is 11.4 Å². The van der Waals surface area contributed by atoms with Gasteiger partial charge in [0, 0.05) is 0 Å². The molecule has 16 heavy (non-hydrogen) atoms. The van der Waals surface area contributed by atoms with E-state index in [0.717, 1.165) is 17.8 Å². The molecule has 0 amide bonds. The Morgan fingerprint density at radius 2 is 2.25 bits per heavy atom. The van der Waals surface area contributed by atoms with Crippen LogP contribution in [0.3, 0.4) is 0 Å². The Balaban J connectivity index is 1.74. The van der Waals surface area contributed by atoms with E-state index in [1.54, 1.807) is 0 Å². The Morgan fingerprint density at radius 1 is 1.38 bits per heavy atom. The number of nitrogen functional groups attached to an aromatic ring is 1. The normalized spacial score (nSPS) is 31.9. The average molecular weight is 218 g/mol. The maximum Gasteiger partial charge on any atom is 0.0781 e. The highest BCUT2D eigenvalue weighted by molar-refractivity contribution is 5.67. The van der Waals surface area contributed by atoms with Crippen LogP contribution in [0.1, 0.15) is 24.8 Å². The lowest BCUT2D eigenvalue weighted by Crippen LogP contribution is -2.30. The first-order valence-electron chi connectivity index (χ1n) is 6.00. The second-order valence-corrected chi connectivity index (χ2v) is 4.95. The van der Waals surface area contributed by atoms with Gasteiger partial charge in [-0.15, -0.1) is 0 Å². The number of benzene rings is 1. The maximum absolute atomic E-state index is 5.99. The van der Waals surface area contributed by atoms with Crippen molar-refractivity contribution in [3.63, 3.8) is 0 Å². The summed E-state index contributed by atoms with van der Waals surface area (Å²) >= 11 is 0. The van der Waals surface area contributed by atoms with Crippen molar-refractivity contribution in [3.8, 4) is 0 Å².